The molecule has 2 aromatic carbocycles. The Bertz CT molecular complexity index is 852. The summed E-state index contributed by atoms with van der Waals surface area (Å²) in [5.74, 6) is -1.01. The molecule has 2 aromatic rings. The van der Waals surface area contributed by atoms with Gasteiger partial charge < -0.3 is 15.4 Å². The van der Waals surface area contributed by atoms with Gasteiger partial charge in [0.1, 0.15) is 18.9 Å². The molecule has 1 unspecified atom stereocenters. The smallest absolute Gasteiger partial charge is 0.405 e. The fourth-order valence-corrected chi connectivity index (χ4v) is 2.80. The van der Waals surface area contributed by atoms with Crippen LogP contribution in [0.3, 0.4) is 0 Å². The fourth-order valence-electron chi connectivity index (χ4n) is 2.80. The molecule has 8 heteroatoms. The van der Waals surface area contributed by atoms with Crippen molar-refractivity contribution in [2.45, 2.75) is 12.6 Å². The summed E-state index contributed by atoms with van der Waals surface area (Å²) < 4.78 is 42.5. The van der Waals surface area contributed by atoms with Crippen molar-refractivity contribution in [2.75, 3.05) is 18.5 Å². The number of carbonyl (C=O) groups excluding carboxylic acids is 2. The summed E-state index contributed by atoms with van der Waals surface area (Å²) in [6.07, 6.45) is -4.04. The third-order valence-electron chi connectivity index (χ3n) is 4.13. The lowest BCUT2D eigenvalue weighted by atomic mass is 9.96. The molecular weight excluding hydrogens is 361 g/mol. The number of fused-ring (bicyclic) bond motifs is 1. The van der Waals surface area contributed by atoms with E-state index in [1.54, 1.807) is 11.4 Å². The van der Waals surface area contributed by atoms with E-state index in [2.05, 4.69) is 5.32 Å². The summed E-state index contributed by atoms with van der Waals surface area (Å²) in [4.78, 5) is 24.6. The third-order valence-corrected chi connectivity index (χ3v) is 4.13. The minimum Gasteiger partial charge on any atom is -0.492 e. The van der Waals surface area contributed by atoms with Crippen molar-refractivity contribution in [3.8, 4) is 5.75 Å². The number of amides is 2. The number of alkyl halides is 3. The molecule has 142 valence electrons. The van der Waals surface area contributed by atoms with Gasteiger partial charge in [-0.15, -0.1) is 0 Å². The maximum Gasteiger partial charge on any atom is 0.405 e. The van der Waals surface area contributed by atoms with E-state index >= 15 is 0 Å². The lowest BCUT2D eigenvalue weighted by molar-refractivity contribution is -0.123. The average Bonchev–Trinajstić information content (AvgIpc) is 2.65. The second-order valence-corrected chi connectivity index (χ2v) is 6.15. The molecule has 0 saturated heterocycles. The minimum atomic E-state index is -4.51. The summed E-state index contributed by atoms with van der Waals surface area (Å²) in [5.41, 5.74) is 1.02. The predicted octanol–water partition coefficient (Wildman–Crippen LogP) is 3.17. The van der Waals surface area contributed by atoms with Crippen molar-refractivity contribution in [3.63, 3.8) is 0 Å². The first-order valence-electron chi connectivity index (χ1n) is 8.29. The largest absolute Gasteiger partial charge is 0.492 e. The number of halogens is 3. The van der Waals surface area contributed by atoms with E-state index in [1.807, 2.05) is 24.3 Å². The van der Waals surface area contributed by atoms with Crippen molar-refractivity contribution in [2.24, 2.45) is 5.92 Å². The first-order chi connectivity index (χ1) is 12.8. The van der Waals surface area contributed by atoms with Crippen molar-refractivity contribution < 1.29 is 27.5 Å². The Morgan fingerprint density at radius 3 is 2.56 bits per heavy atom. The maximum absolute atomic E-state index is 12.6. The molecule has 1 aliphatic rings. The highest BCUT2D eigenvalue weighted by atomic mass is 19.4. The molecular formula is C19H17F3N2O3. The lowest BCUT2D eigenvalue weighted by Gasteiger charge is -2.24. The number of hydrogen-bond donors (Lipinski definition) is 2. The Morgan fingerprint density at radius 1 is 1.07 bits per heavy atom. The van der Waals surface area contributed by atoms with Crippen molar-refractivity contribution >= 4 is 17.5 Å². The summed E-state index contributed by atoms with van der Waals surface area (Å²) in [6.45, 7) is -1.26. The molecule has 0 radical (unpaired) electrons. The van der Waals surface area contributed by atoms with E-state index < -0.39 is 24.5 Å². The minimum absolute atomic E-state index is 0.0350. The Balaban J connectivity index is 1.69. The van der Waals surface area contributed by atoms with Crippen LogP contribution in [0.25, 0.3) is 0 Å². The van der Waals surface area contributed by atoms with Gasteiger partial charge in [-0.25, -0.2) is 0 Å². The zero-order valence-electron chi connectivity index (χ0n) is 14.2. The fraction of sp³-hybridized carbons (Fsp3) is 0.263. The number of rotatable bonds is 4. The number of ether oxygens (including phenoxy) is 1. The van der Waals surface area contributed by atoms with Crippen LogP contribution < -0.4 is 15.4 Å². The zero-order chi connectivity index (χ0) is 19.4. The third kappa shape index (κ3) is 4.78. The van der Waals surface area contributed by atoms with Crippen LogP contribution in [0.2, 0.25) is 0 Å². The standard InChI is InChI=1S/C19H17F3N2O3/c20-19(21,22)11-23-18(26)14-6-2-3-7-15(14)24-17(25)13-9-12-5-1-4-8-16(12)27-10-13/h1-8,13H,9-11H2,(H,23,26)(H,24,25). The highest BCUT2D eigenvalue weighted by Gasteiger charge is 2.29. The molecule has 1 heterocycles. The van der Waals surface area contributed by atoms with Gasteiger partial charge in [0.25, 0.3) is 5.91 Å². The maximum atomic E-state index is 12.6. The first-order valence-corrected chi connectivity index (χ1v) is 8.29. The number of nitrogens with one attached hydrogen (secondary N) is 2. The summed E-state index contributed by atoms with van der Waals surface area (Å²) in [6, 6.07) is 13.3. The van der Waals surface area contributed by atoms with Gasteiger partial charge in [0.2, 0.25) is 5.91 Å². The zero-order valence-corrected chi connectivity index (χ0v) is 14.2. The second-order valence-electron chi connectivity index (χ2n) is 6.15. The molecule has 0 fully saturated rings. The second kappa shape index (κ2) is 7.69. The van der Waals surface area contributed by atoms with Crippen molar-refractivity contribution in [1.29, 1.82) is 0 Å². The molecule has 3 rings (SSSR count). The highest BCUT2D eigenvalue weighted by molar-refractivity contribution is 6.04. The molecule has 2 N–H and O–H groups in total. The topological polar surface area (TPSA) is 67.4 Å². The van der Waals surface area contributed by atoms with Gasteiger partial charge in [0.05, 0.1) is 17.2 Å². The van der Waals surface area contributed by atoms with Crippen LogP contribution >= 0.6 is 0 Å². The highest BCUT2D eigenvalue weighted by Crippen LogP contribution is 2.28. The quantitative estimate of drug-likeness (QED) is 0.859. The van der Waals surface area contributed by atoms with Gasteiger partial charge >= 0.3 is 6.18 Å². The first kappa shape index (κ1) is 18.8. The monoisotopic (exact) mass is 378 g/mol. The van der Waals surface area contributed by atoms with Gasteiger partial charge in [-0.3, -0.25) is 9.59 Å². The van der Waals surface area contributed by atoms with E-state index in [4.69, 9.17) is 4.74 Å². The van der Waals surface area contributed by atoms with Crippen LogP contribution in [-0.4, -0.2) is 31.1 Å². The molecule has 0 saturated carbocycles. The van der Waals surface area contributed by atoms with E-state index in [0.717, 1.165) is 11.3 Å². The molecule has 27 heavy (non-hydrogen) atoms. The van der Waals surface area contributed by atoms with E-state index in [0.29, 0.717) is 6.42 Å². The molecule has 1 atom stereocenters. The van der Waals surface area contributed by atoms with Crippen LogP contribution in [0.4, 0.5) is 18.9 Å². The van der Waals surface area contributed by atoms with E-state index in [1.165, 1.54) is 18.2 Å². The SMILES string of the molecule is O=C(NCC(F)(F)F)c1ccccc1NC(=O)C1COc2ccccc2C1. The normalized spacial score (nSPS) is 16.0. The van der Waals surface area contributed by atoms with Gasteiger partial charge in [-0.05, 0) is 30.2 Å². The van der Waals surface area contributed by atoms with Gasteiger partial charge in [0.15, 0.2) is 0 Å². The molecule has 0 bridgehead atoms. The summed E-state index contributed by atoms with van der Waals surface area (Å²) in [5, 5.41) is 4.43. The Kier molecular flexibility index (Phi) is 5.34. The van der Waals surface area contributed by atoms with Crippen molar-refractivity contribution in [1.82, 2.24) is 5.32 Å². The molecule has 5 nitrogen and oxygen atoms in total. The number of carbonyl (C=O) groups is 2. The lowest BCUT2D eigenvalue weighted by Crippen LogP contribution is -2.35. The summed E-state index contributed by atoms with van der Waals surface area (Å²) in [7, 11) is 0. The number of hydrogen-bond acceptors (Lipinski definition) is 3. The number of benzene rings is 2. The van der Waals surface area contributed by atoms with E-state index in [9.17, 15) is 22.8 Å². The van der Waals surface area contributed by atoms with Gasteiger partial charge in [0, 0.05) is 0 Å². The number of para-hydroxylation sites is 2. The van der Waals surface area contributed by atoms with E-state index in [-0.39, 0.29) is 23.8 Å². The number of anilines is 1. The Morgan fingerprint density at radius 2 is 1.78 bits per heavy atom. The Hall–Kier alpha value is -3.03. The van der Waals surface area contributed by atoms with Crippen LogP contribution in [0.1, 0.15) is 15.9 Å². The molecule has 1 aliphatic heterocycles. The van der Waals surface area contributed by atoms with Crippen LogP contribution in [0, 0.1) is 5.92 Å². The molecule has 0 aliphatic carbocycles. The van der Waals surface area contributed by atoms with Crippen LogP contribution in [0.15, 0.2) is 48.5 Å². The van der Waals surface area contributed by atoms with Crippen LogP contribution in [-0.2, 0) is 11.2 Å². The summed E-state index contributed by atoms with van der Waals surface area (Å²) >= 11 is 0. The molecule has 0 aromatic heterocycles. The van der Waals surface area contributed by atoms with Crippen LogP contribution in [0.5, 0.6) is 5.75 Å². The molecule has 0 spiro atoms. The molecule has 2 amide bonds. The van der Waals surface area contributed by atoms with Crippen molar-refractivity contribution in [3.05, 3.63) is 59.7 Å². The van der Waals surface area contributed by atoms with Gasteiger partial charge in [-0.2, -0.15) is 13.2 Å². The van der Waals surface area contributed by atoms with Gasteiger partial charge in [-0.1, -0.05) is 30.3 Å². The Labute approximate surface area is 153 Å². The average molecular weight is 378 g/mol. The predicted molar refractivity (Wildman–Crippen MR) is 92.6 cm³/mol.